The largest absolute Gasteiger partial charge is 0.512 e. The Morgan fingerprint density at radius 3 is 2.29 bits per heavy atom. The highest BCUT2D eigenvalue weighted by Crippen LogP contribution is 2.46. The highest BCUT2D eigenvalue weighted by molar-refractivity contribution is 5.96. The van der Waals surface area contributed by atoms with Crippen LogP contribution in [0.1, 0.15) is 123 Å². The van der Waals surface area contributed by atoms with E-state index in [9.17, 15) is 19.8 Å². The Morgan fingerprint density at radius 2 is 1.61 bits per heavy atom. The van der Waals surface area contributed by atoms with Crippen molar-refractivity contribution in [3.63, 3.8) is 0 Å². The van der Waals surface area contributed by atoms with Gasteiger partial charge >= 0.3 is 11.9 Å². The van der Waals surface area contributed by atoms with E-state index >= 15 is 0 Å². The van der Waals surface area contributed by atoms with Gasteiger partial charge in [0.1, 0.15) is 18.3 Å². The molecule has 3 aromatic rings. The second kappa shape index (κ2) is 13.2. The quantitative estimate of drug-likeness (QED) is 0.162. The number of rotatable bonds is 7. The topological polar surface area (TPSA) is 150 Å². The molecule has 0 saturated carbocycles. The molecule has 1 aliphatic carbocycles. The summed E-state index contributed by atoms with van der Waals surface area (Å²) in [5.74, 6) is -2.03. The van der Waals surface area contributed by atoms with Crippen LogP contribution in [0.25, 0.3) is 33.6 Å². The fourth-order valence-electron chi connectivity index (χ4n) is 7.95. The van der Waals surface area contributed by atoms with Crippen LogP contribution < -0.4 is 10.4 Å². The second-order valence-corrected chi connectivity index (χ2v) is 13.5. The lowest BCUT2D eigenvalue weighted by Gasteiger charge is -2.19. The van der Waals surface area contributed by atoms with Crippen molar-refractivity contribution in [1.29, 1.82) is 0 Å². The Morgan fingerprint density at radius 1 is 0.959 bits per heavy atom. The Kier molecular flexibility index (Phi) is 9.17. The molecule has 10 heteroatoms. The first-order valence-corrected chi connectivity index (χ1v) is 17.1. The third-order valence-electron chi connectivity index (χ3n) is 10.7. The molecule has 5 atom stereocenters. The lowest BCUT2D eigenvalue weighted by molar-refractivity contribution is -0.143. The molecule has 8 bridgehead atoms. The number of nitrogens with zero attached hydrogens (tertiary/aromatic N) is 2. The van der Waals surface area contributed by atoms with Crippen LogP contribution in [0.15, 0.2) is 30.4 Å². The summed E-state index contributed by atoms with van der Waals surface area (Å²) in [7, 11) is 1.31. The summed E-state index contributed by atoms with van der Waals surface area (Å²) in [5, 5.41) is 23.9. The highest BCUT2D eigenvalue weighted by Gasteiger charge is 2.41. The Labute approximate surface area is 285 Å². The number of nitrogens with one attached hydrogen (secondary N) is 2. The zero-order chi connectivity index (χ0) is 35.3. The maximum atomic E-state index is 13.4. The molecule has 6 rings (SSSR count). The smallest absolute Gasteiger partial charge is 0.321 e. The van der Waals surface area contributed by atoms with Gasteiger partial charge in [0.15, 0.2) is 0 Å². The number of carbonyl (C=O) groups is 2. The number of aliphatic hydroxyl groups excluding tert-OH is 2. The molecule has 0 spiro atoms. The zero-order valence-corrected chi connectivity index (χ0v) is 29.5. The van der Waals surface area contributed by atoms with Crippen LogP contribution in [0.5, 0.6) is 0 Å². The summed E-state index contributed by atoms with van der Waals surface area (Å²) in [6.07, 6.45) is 5.05. The molecule has 0 aromatic carbocycles. The minimum absolute atomic E-state index is 0.0820. The molecule has 5 heterocycles. The highest BCUT2D eigenvalue weighted by atomic mass is 16.5. The zero-order valence-electron chi connectivity index (χ0n) is 29.5. The van der Waals surface area contributed by atoms with Gasteiger partial charge in [-0.25, -0.2) is 0 Å². The van der Waals surface area contributed by atoms with E-state index in [2.05, 4.69) is 30.7 Å². The van der Waals surface area contributed by atoms with Crippen molar-refractivity contribution in [3.8, 4) is 0 Å². The van der Waals surface area contributed by atoms with Crippen LogP contribution in [0, 0.1) is 13.8 Å². The summed E-state index contributed by atoms with van der Waals surface area (Å²) in [6.45, 7) is 14.0. The molecular weight excluding hydrogens is 620 g/mol. The van der Waals surface area contributed by atoms with Gasteiger partial charge in [0, 0.05) is 74.2 Å². The van der Waals surface area contributed by atoms with Crippen LogP contribution >= 0.6 is 0 Å². The monoisotopic (exact) mass is 666 g/mol. The van der Waals surface area contributed by atoms with Gasteiger partial charge < -0.3 is 29.7 Å². The molecule has 2 aliphatic heterocycles. The van der Waals surface area contributed by atoms with Crippen molar-refractivity contribution in [1.82, 2.24) is 19.9 Å². The van der Waals surface area contributed by atoms with E-state index in [-0.39, 0.29) is 54.2 Å². The standard InChI is InChI=1S/C39H46N4O6/c1-9-11-14-49-31(45)13-12-24-19(4)26-15-27-20(5)32(22(7)44)30(41-27)17-25-18(3)23(10-2)29(40-25)16-28-21(6)33-37(43-28)34(36(24)42-26)35(38(33)46)39(47)48-8/h9,11,15-19,23-24,35,41,43-44,46H,10,12-14H2,1-8H3/b11-9+,26-15?,29-16?,30-17?,32-22-. The van der Waals surface area contributed by atoms with Crippen molar-refractivity contribution >= 4 is 45.5 Å². The van der Waals surface area contributed by atoms with Crippen molar-refractivity contribution < 1.29 is 29.3 Å². The number of aromatic amines is 2. The van der Waals surface area contributed by atoms with Gasteiger partial charge in [0.05, 0.1) is 29.6 Å². The van der Waals surface area contributed by atoms with E-state index in [0.29, 0.717) is 28.4 Å². The third kappa shape index (κ3) is 5.70. The minimum atomic E-state index is -1.08. The van der Waals surface area contributed by atoms with E-state index < -0.39 is 11.9 Å². The summed E-state index contributed by atoms with van der Waals surface area (Å²) < 4.78 is 10.7. The number of fused-ring (bicyclic) bond motifs is 8. The van der Waals surface area contributed by atoms with Gasteiger partial charge in [-0.1, -0.05) is 32.9 Å². The first-order valence-electron chi connectivity index (χ1n) is 17.1. The molecule has 258 valence electrons. The van der Waals surface area contributed by atoms with Crippen LogP contribution in [0.3, 0.4) is 0 Å². The maximum Gasteiger partial charge on any atom is 0.321 e. The van der Waals surface area contributed by atoms with E-state index in [4.69, 9.17) is 19.4 Å². The number of carbonyl (C=O) groups excluding carboxylic acids is 2. The van der Waals surface area contributed by atoms with E-state index in [1.165, 1.54) is 7.11 Å². The predicted octanol–water partition coefficient (Wildman–Crippen LogP) is 6.64. The van der Waals surface area contributed by atoms with Crippen LogP contribution in [0.2, 0.25) is 0 Å². The van der Waals surface area contributed by atoms with Gasteiger partial charge in [-0.15, -0.1) is 0 Å². The number of aliphatic hydroxyl groups is 2. The molecule has 0 amide bonds. The maximum absolute atomic E-state index is 13.4. The van der Waals surface area contributed by atoms with Gasteiger partial charge in [-0.05, 0) is 69.9 Å². The molecule has 10 nitrogen and oxygen atoms in total. The molecule has 0 saturated heterocycles. The lowest BCUT2D eigenvalue weighted by Crippen LogP contribution is -2.18. The molecule has 3 aromatic heterocycles. The van der Waals surface area contributed by atoms with Crippen molar-refractivity contribution in [2.24, 2.45) is 0 Å². The molecule has 4 N–H and O–H groups in total. The van der Waals surface area contributed by atoms with Crippen LogP contribution in [-0.4, -0.2) is 55.8 Å². The Hall–Kier alpha value is -4.86. The van der Waals surface area contributed by atoms with Crippen molar-refractivity contribution in [3.05, 3.63) is 80.3 Å². The molecule has 3 aliphatic rings. The average molecular weight is 667 g/mol. The number of hydrogen-bond acceptors (Lipinski definition) is 8. The number of hydrogen-bond donors (Lipinski definition) is 4. The number of esters is 2. The number of ether oxygens (including phenoxy) is 2. The van der Waals surface area contributed by atoms with Gasteiger partial charge in [-0.3, -0.25) is 19.6 Å². The molecule has 49 heavy (non-hydrogen) atoms. The van der Waals surface area contributed by atoms with Gasteiger partial charge in [0.2, 0.25) is 0 Å². The van der Waals surface area contributed by atoms with Crippen molar-refractivity contribution in [2.45, 2.75) is 97.3 Å². The number of methoxy groups -OCH3 is 1. The first kappa shape index (κ1) is 34.0. The third-order valence-corrected chi connectivity index (χ3v) is 10.7. The van der Waals surface area contributed by atoms with Crippen LogP contribution in [-0.2, 0) is 19.1 Å². The number of allylic oxidation sites excluding steroid dienone is 1. The summed E-state index contributed by atoms with van der Waals surface area (Å²) in [4.78, 5) is 43.6. The first-order chi connectivity index (χ1) is 23.4. The van der Waals surface area contributed by atoms with Crippen LogP contribution in [0.4, 0.5) is 0 Å². The number of aryl methyl sites for hydroxylation is 2. The summed E-state index contributed by atoms with van der Waals surface area (Å²) in [6, 6.07) is 6.06. The molecule has 0 fully saturated rings. The average Bonchev–Trinajstić information content (AvgIpc) is 3.80. The van der Waals surface area contributed by atoms with Gasteiger partial charge in [0.25, 0.3) is 0 Å². The molecule has 5 unspecified atom stereocenters. The minimum Gasteiger partial charge on any atom is -0.512 e. The summed E-state index contributed by atoms with van der Waals surface area (Å²) in [5.41, 5.74) is 8.40. The van der Waals surface area contributed by atoms with E-state index in [0.717, 1.165) is 56.4 Å². The lowest BCUT2D eigenvalue weighted by atomic mass is 9.84. The Balaban J connectivity index is 1.73. The summed E-state index contributed by atoms with van der Waals surface area (Å²) >= 11 is 0. The van der Waals surface area contributed by atoms with Crippen molar-refractivity contribution in [2.75, 3.05) is 13.7 Å². The molecule has 0 radical (unpaired) electrons. The second-order valence-electron chi connectivity index (χ2n) is 13.5. The normalized spacial score (nSPS) is 22.1. The fourth-order valence-corrected chi connectivity index (χ4v) is 7.95. The van der Waals surface area contributed by atoms with E-state index in [1.807, 2.05) is 45.0 Å². The number of aromatic nitrogens is 4. The predicted molar refractivity (Wildman–Crippen MR) is 190 cm³/mol. The Bertz CT molecular complexity index is 2170. The number of H-pyrrole nitrogens is 2. The SMILES string of the molecule is C/C=C/COC(=O)CCC1c2nc(cc3[nH]c(cc4nc(cc5[nH]c6c2C(C(=O)OC)C(O)=c6c5C)C(CC)C4C)/c(=C(/C)O)c3C)C1C. The fraction of sp³-hybridized carbons (Fsp3) is 0.436. The molecular formula is C39H46N4O6. The van der Waals surface area contributed by atoms with Gasteiger partial charge in [-0.2, -0.15) is 0 Å². The van der Waals surface area contributed by atoms with E-state index in [1.54, 1.807) is 13.0 Å².